The van der Waals surface area contributed by atoms with Crippen molar-refractivity contribution >= 4 is 17.5 Å². The van der Waals surface area contributed by atoms with E-state index in [2.05, 4.69) is 11.0 Å². The van der Waals surface area contributed by atoms with Crippen molar-refractivity contribution in [2.45, 2.75) is 25.4 Å². The van der Waals surface area contributed by atoms with Gasteiger partial charge < -0.3 is 9.80 Å². The van der Waals surface area contributed by atoms with E-state index in [9.17, 15) is 9.59 Å². The number of anilines is 1. The molecule has 1 unspecified atom stereocenters. The molecule has 2 heterocycles. The number of para-hydroxylation sites is 1. The minimum atomic E-state index is -0.0595. The topological polar surface area (TPSA) is 43.9 Å². The Balaban J connectivity index is 1.65. The molecule has 0 saturated carbocycles. The predicted octanol–water partition coefficient (Wildman–Crippen LogP) is 3.01. The zero-order valence-electron chi connectivity index (χ0n) is 15.9. The van der Waals surface area contributed by atoms with E-state index in [0.717, 1.165) is 25.2 Å². The van der Waals surface area contributed by atoms with E-state index in [1.54, 1.807) is 38.4 Å². The van der Waals surface area contributed by atoms with Gasteiger partial charge in [-0.05, 0) is 55.3 Å². The Morgan fingerprint density at radius 1 is 1.00 bits per heavy atom. The molecule has 2 aromatic carbocycles. The summed E-state index contributed by atoms with van der Waals surface area (Å²) in [7, 11) is 3.45. The van der Waals surface area contributed by atoms with E-state index >= 15 is 0 Å². The lowest BCUT2D eigenvalue weighted by Gasteiger charge is -2.26. The highest BCUT2D eigenvalue weighted by Gasteiger charge is 2.33. The summed E-state index contributed by atoms with van der Waals surface area (Å²) in [6.45, 7) is 2.72. The summed E-state index contributed by atoms with van der Waals surface area (Å²) in [5, 5.41) is 0. The Bertz CT molecular complexity index is 860. The molecular weight excluding hydrogens is 338 g/mol. The molecule has 0 spiro atoms. The lowest BCUT2D eigenvalue weighted by molar-refractivity contribution is 0.0827. The smallest absolute Gasteiger partial charge is 0.258 e. The second-order valence-corrected chi connectivity index (χ2v) is 7.59. The number of rotatable bonds is 2. The van der Waals surface area contributed by atoms with Crippen molar-refractivity contribution in [3.63, 3.8) is 0 Å². The highest BCUT2D eigenvalue weighted by atomic mass is 16.2. The van der Waals surface area contributed by atoms with Gasteiger partial charge in [-0.2, -0.15) is 0 Å². The minimum Gasteiger partial charge on any atom is -0.345 e. The van der Waals surface area contributed by atoms with E-state index < -0.39 is 0 Å². The van der Waals surface area contributed by atoms with Gasteiger partial charge in [0, 0.05) is 50.0 Å². The van der Waals surface area contributed by atoms with Crippen LogP contribution >= 0.6 is 0 Å². The van der Waals surface area contributed by atoms with Crippen LogP contribution < -0.4 is 4.90 Å². The third kappa shape index (κ3) is 3.35. The largest absolute Gasteiger partial charge is 0.345 e. The van der Waals surface area contributed by atoms with Crippen molar-refractivity contribution in [1.29, 1.82) is 0 Å². The first-order chi connectivity index (χ1) is 13.0. The second-order valence-electron chi connectivity index (χ2n) is 7.59. The SMILES string of the molecule is CN(C)C(=O)c1ccc(C(=O)N2CC3CCCN3Cc3ccccc32)cc1. The van der Waals surface area contributed by atoms with Crippen LogP contribution in [0, 0.1) is 0 Å². The van der Waals surface area contributed by atoms with Crippen molar-refractivity contribution in [2.75, 3.05) is 32.1 Å². The van der Waals surface area contributed by atoms with Crippen LogP contribution in [0.1, 0.15) is 39.1 Å². The van der Waals surface area contributed by atoms with Gasteiger partial charge in [0.15, 0.2) is 0 Å². The van der Waals surface area contributed by atoms with Crippen LogP contribution in [0.2, 0.25) is 0 Å². The van der Waals surface area contributed by atoms with E-state index in [4.69, 9.17) is 0 Å². The zero-order chi connectivity index (χ0) is 19.0. The molecule has 0 radical (unpaired) electrons. The van der Waals surface area contributed by atoms with Crippen LogP contribution in [-0.4, -0.2) is 54.8 Å². The molecule has 0 aromatic heterocycles. The first-order valence-electron chi connectivity index (χ1n) is 9.50. The van der Waals surface area contributed by atoms with Crippen LogP contribution in [0.15, 0.2) is 48.5 Å². The standard InChI is InChI=1S/C22H25N3O2/c1-23(2)21(26)16-9-11-17(12-10-16)22(27)25-15-19-7-5-13-24(19)14-18-6-3-4-8-20(18)25/h3-4,6,8-12,19H,5,7,13-15H2,1-2H3. The second kappa shape index (κ2) is 7.16. The minimum absolute atomic E-state index is 0.0000482. The van der Waals surface area contributed by atoms with Gasteiger partial charge in [-0.1, -0.05) is 18.2 Å². The van der Waals surface area contributed by atoms with E-state index in [1.165, 1.54) is 16.9 Å². The number of benzene rings is 2. The maximum absolute atomic E-state index is 13.3. The number of hydrogen-bond acceptors (Lipinski definition) is 3. The molecular formula is C22H25N3O2. The summed E-state index contributed by atoms with van der Waals surface area (Å²) in [4.78, 5) is 31.4. The molecule has 0 N–H and O–H groups in total. The van der Waals surface area contributed by atoms with Crippen molar-refractivity contribution in [3.05, 3.63) is 65.2 Å². The number of nitrogens with zero attached hydrogens (tertiary/aromatic N) is 3. The Hall–Kier alpha value is -2.66. The molecule has 0 aliphatic carbocycles. The normalized spacial score (nSPS) is 19.2. The van der Waals surface area contributed by atoms with Gasteiger partial charge in [-0.15, -0.1) is 0 Å². The van der Waals surface area contributed by atoms with Gasteiger partial charge in [-0.3, -0.25) is 14.5 Å². The highest BCUT2D eigenvalue weighted by Crippen LogP contribution is 2.32. The van der Waals surface area contributed by atoms with Crippen molar-refractivity contribution in [1.82, 2.24) is 9.80 Å². The van der Waals surface area contributed by atoms with Gasteiger partial charge >= 0.3 is 0 Å². The molecule has 1 saturated heterocycles. The average Bonchev–Trinajstić information content (AvgIpc) is 3.06. The number of fused-ring (bicyclic) bond motifs is 2. The van der Waals surface area contributed by atoms with Crippen LogP contribution in [0.25, 0.3) is 0 Å². The molecule has 2 amide bonds. The van der Waals surface area contributed by atoms with Gasteiger partial charge in [0.2, 0.25) is 0 Å². The maximum Gasteiger partial charge on any atom is 0.258 e. The molecule has 2 aliphatic heterocycles. The Kier molecular flexibility index (Phi) is 4.70. The number of carbonyl (C=O) groups excluding carboxylic acids is 2. The predicted molar refractivity (Wildman–Crippen MR) is 106 cm³/mol. The monoisotopic (exact) mass is 363 g/mol. The molecule has 5 heteroatoms. The fourth-order valence-electron chi connectivity index (χ4n) is 4.11. The summed E-state index contributed by atoms with van der Waals surface area (Å²) in [5.74, 6) is -0.0595. The highest BCUT2D eigenvalue weighted by molar-refractivity contribution is 6.07. The van der Waals surface area contributed by atoms with Gasteiger partial charge in [0.1, 0.15) is 0 Å². The van der Waals surface area contributed by atoms with E-state index in [-0.39, 0.29) is 11.8 Å². The van der Waals surface area contributed by atoms with Crippen LogP contribution in [0.5, 0.6) is 0 Å². The summed E-state index contributed by atoms with van der Waals surface area (Å²) in [5.41, 5.74) is 3.42. The first-order valence-corrected chi connectivity index (χ1v) is 9.50. The van der Waals surface area contributed by atoms with Gasteiger partial charge in [0.05, 0.1) is 0 Å². The molecule has 0 bridgehead atoms. The quantitative estimate of drug-likeness (QED) is 0.824. The van der Waals surface area contributed by atoms with Crippen molar-refractivity contribution < 1.29 is 9.59 Å². The van der Waals surface area contributed by atoms with E-state index in [0.29, 0.717) is 23.7 Å². The van der Waals surface area contributed by atoms with Crippen LogP contribution in [0.4, 0.5) is 5.69 Å². The molecule has 1 fully saturated rings. The molecule has 4 rings (SSSR count). The Morgan fingerprint density at radius 2 is 1.70 bits per heavy atom. The molecule has 27 heavy (non-hydrogen) atoms. The third-order valence-corrected chi connectivity index (χ3v) is 5.58. The zero-order valence-corrected chi connectivity index (χ0v) is 15.9. The fraction of sp³-hybridized carbons (Fsp3) is 0.364. The summed E-state index contributed by atoms with van der Waals surface area (Å²) < 4.78 is 0. The van der Waals surface area contributed by atoms with Crippen molar-refractivity contribution in [3.8, 4) is 0 Å². The summed E-state index contributed by atoms with van der Waals surface area (Å²) in [6, 6.07) is 15.6. The number of carbonyl (C=O) groups is 2. The van der Waals surface area contributed by atoms with Gasteiger partial charge in [0.25, 0.3) is 11.8 Å². The third-order valence-electron chi connectivity index (χ3n) is 5.58. The summed E-state index contributed by atoms with van der Waals surface area (Å²) in [6.07, 6.45) is 2.32. The lowest BCUT2D eigenvalue weighted by atomic mass is 10.1. The lowest BCUT2D eigenvalue weighted by Crippen LogP contribution is -2.40. The molecule has 140 valence electrons. The van der Waals surface area contributed by atoms with Gasteiger partial charge in [-0.25, -0.2) is 0 Å². The van der Waals surface area contributed by atoms with Crippen LogP contribution in [0.3, 0.4) is 0 Å². The average molecular weight is 363 g/mol. The molecule has 1 atom stereocenters. The Morgan fingerprint density at radius 3 is 2.44 bits per heavy atom. The molecule has 2 aliphatic rings. The fourth-order valence-corrected chi connectivity index (χ4v) is 4.11. The van der Waals surface area contributed by atoms with E-state index in [1.807, 2.05) is 23.1 Å². The molecule has 5 nitrogen and oxygen atoms in total. The first kappa shape index (κ1) is 17.7. The van der Waals surface area contributed by atoms with Crippen LogP contribution in [-0.2, 0) is 6.54 Å². The molecule has 2 aromatic rings. The summed E-state index contributed by atoms with van der Waals surface area (Å²) >= 11 is 0. The maximum atomic E-state index is 13.3. The van der Waals surface area contributed by atoms with Crippen molar-refractivity contribution in [2.24, 2.45) is 0 Å². The number of amides is 2. The number of hydrogen-bond donors (Lipinski definition) is 0. The Labute approximate surface area is 160 Å².